The van der Waals surface area contributed by atoms with Crippen LogP contribution < -0.4 is 5.32 Å². The molecule has 0 spiro atoms. The first-order chi connectivity index (χ1) is 7.29. The normalized spacial score (nSPS) is 15.5. The minimum atomic E-state index is 0.379. The molecule has 0 radical (unpaired) electrons. The molecule has 0 saturated carbocycles. The molecule has 2 N–H and O–H groups in total. The highest BCUT2D eigenvalue weighted by Gasteiger charge is 2.19. The molecule has 1 aliphatic heterocycles. The van der Waals surface area contributed by atoms with Gasteiger partial charge in [-0.3, -0.25) is 0 Å². The van der Waals surface area contributed by atoms with Gasteiger partial charge >= 0.3 is 0 Å². The van der Waals surface area contributed by atoms with Crippen molar-refractivity contribution in [2.75, 3.05) is 6.54 Å². The van der Waals surface area contributed by atoms with E-state index in [9.17, 15) is 5.11 Å². The highest BCUT2D eigenvalue weighted by atomic mass is 16.3. The lowest BCUT2D eigenvalue weighted by Crippen LogP contribution is -2.24. The summed E-state index contributed by atoms with van der Waals surface area (Å²) in [5.74, 6) is 0.379. The summed E-state index contributed by atoms with van der Waals surface area (Å²) in [5, 5.41) is 14.4. The summed E-state index contributed by atoms with van der Waals surface area (Å²) in [5.41, 5.74) is 3.66. The summed E-state index contributed by atoms with van der Waals surface area (Å²) in [4.78, 5) is 0. The second kappa shape index (κ2) is 3.00. The van der Waals surface area contributed by atoms with Crippen LogP contribution in [0.4, 0.5) is 0 Å². The molecule has 0 atom stereocenters. The van der Waals surface area contributed by atoms with Gasteiger partial charge in [0.25, 0.3) is 0 Å². The van der Waals surface area contributed by atoms with Crippen molar-refractivity contribution in [2.24, 2.45) is 7.05 Å². The van der Waals surface area contributed by atoms with Gasteiger partial charge in [0.05, 0.1) is 5.52 Å². The number of nitrogens with zero attached hydrogens (tertiary/aromatic N) is 1. The maximum Gasteiger partial charge on any atom is 0.139 e. The van der Waals surface area contributed by atoms with Crippen molar-refractivity contribution < 1.29 is 5.11 Å². The Morgan fingerprint density at radius 3 is 3.13 bits per heavy atom. The van der Waals surface area contributed by atoms with E-state index in [1.54, 1.807) is 6.07 Å². The SMILES string of the molecule is Cn1c2c(c3cccc(O)c31)CNCC2. The number of phenols is 1. The van der Waals surface area contributed by atoms with Crippen molar-refractivity contribution in [3.8, 4) is 5.75 Å². The zero-order valence-electron chi connectivity index (χ0n) is 8.75. The van der Waals surface area contributed by atoms with Gasteiger partial charge in [0.15, 0.2) is 0 Å². The number of aromatic nitrogens is 1. The Labute approximate surface area is 88.3 Å². The Hall–Kier alpha value is -1.48. The molecule has 1 aromatic carbocycles. The van der Waals surface area contributed by atoms with Crippen LogP contribution in [-0.4, -0.2) is 16.2 Å². The van der Waals surface area contributed by atoms with E-state index in [2.05, 4.69) is 16.0 Å². The largest absolute Gasteiger partial charge is 0.506 e. The summed E-state index contributed by atoms with van der Waals surface area (Å²) in [6.07, 6.45) is 1.04. The molecule has 2 heterocycles. The molecule has 78 valence electrons. The third kappa shape index (κ3) is 1.10. The van der Waals surface area contributed by atoms with Crippen molar-refractivity contribution in [3.63, 3.8) is 0 Å². The molecule has 0 unspecified atom stereocenters. The number of aromatic hydroxyl groups is 1. The second-order valence-corrected chi connectivity index (χ2v) is 4.08. The Kier molecular flexibility index (Phi) is 1.76. The van der Waals surface area contributed by atoms with Crippen LogP contribution in [0.2, 0.25) is 0 Å². The van der Waals surface area contributed by atoms with E-state index in [1.807, 2.05) is 13.1 Å². The van der Waals surface area contributed by atoms with Gasteiger partial charge in [-0.1, -0.05) is 12.1 Å². The summed E-state index contributed by atoms with van der Waals surface area (Å²) in [6.45, 7) is 1.94. The van der Waals surface area contributed by atoms with Crippen molar-refractivity contribution in [2.45, 2.75) is 13.0 Å². The molecule has 0 aliphatic carbocycles. The number of phenolic OH excluding ortho intramolecular Hbond substituents is 1. The molecule has 1 aliphatic rings. The molecule has 1 aromatic heterocycles. The van der Waals surface area contributed by atoms with Gasteiger partial charge < -0.3 is 15.0 Å². The first-order valence-corrected chi connectivity index (χ1v) is 5.28. The molecule has 0 saturated heterocycles. The quantitative estimate of drug-likeness (QED) is 0.679. The predicted molar refractivity (Wildman–Crippen MR) is 60.0 cm³/mol. The van der Waals surface area contributed by atoms with E-state index in [1.165, 1.54) is 16.6 Å². The first-order valence-electron chi connectivity index (χ1n) is 5.28. The van der Waals surface area contributed by atoms with E-state index < -0.39 is 0 Å². The number of benzene rings is 1. The van der Waals surface area contributed by atoms with Crippen LogP contribution >= 0.6 is 0 Å². The van der Waals surface area contributed by atoms with Crippen molar-refractivity contribution >= 4 is 10.9 Å². The van der Waals surface area contributed by atoms with Gasteiger partial charge in [0, 0.05) is 37.6 Å². The van der Waals surface area contributed by atoms with Crippen LogP contribution in [0, 0.1) is 0 Å². The topological polar surface area (TPSA) is 37.2 Å². The second-order valence-electron chi connectivity index (χ2n) is 4.08. The summed E-state index contributed by atoms with van der Waals surface area (Å²) < 4.78 is 2.13. The fourth-order valence-electron chi connectivity index (χ4n) is 2.56. The van der Waals surface area contributed by atoms with Crippen LogP contribution in [0.15, 0.2) is 18.2 Å². The molecular formula is C12H14N2O. The molecular weight excluding hydrogens is 188 g/mol. The van der Waals surface area contributed by atoms with Gasteiger partial charge in [-0.2, -0.15) is 0 Å². The van der Waals surface area contributed by atoms with E-state index in [0.717, 1.165) is 25.0 Å². The van der Waals surface area contributed by atoms with E-state index in [4.69, 9.17) is 0 Å². The van der Waals surface area contributed by atoms with Crippen LogP contribution in [-0.2, 0) is 20.0 Å². The molecule has 0 amide bonds. The summed E-state index contributed by atoms with van der Waals surface area (Å²) in [7, 11) is 2.03. The average Bonchev–Trinajstić information content (AvgIpc) is 2.55. The molecule has 0 bridgehead atoms. The Bertz CT molecular complexity index is 528. The Morgan fingerprint density at radius 1 is 1.40 bits per heavy atom. The van der Waals surface area contributed by atoms with Crippen molar-refractivity contribution in [1.82, 2.24) is 9.88 Å². The summed E-state index contributed by atoms with van der Waals surface area (Å²) in [6, 6.07) is 5.74. The minimum absolute atomic E-state index is 0.379. The van der Waals surface area contributed by atoms with Crippen LogP contribution in [0.3, 0.4) is 0 Å². The van der Waals surface area contributed by atoms with Crippen molar-refractivity contribution in [1.29, 1.82) is 0 Å². The maximum atomic E-state index is 9.86. The fourth-order valence-corrected chi connectivity index (χ4v) is 2.56. The number of hydrogen-bond donors (Lipinski definition) is 2. The molecule has 15 heavy (non-hydrogen) atoms. The first kappa shape index (κ1) is 8.80. The fraction of sp³-hybridized carbons (Fsp3) is 0.333. The predicted octanol–water partition coefficient (Wildman–Crippen LogP) is 1.53. The highest BCUT2D eigenvalue weighted by Crippen LogP contribution is 2.32. The maximum absolute atomic E-state index is 9.86. The molecule has 2 aromatic rings. The van der Waals surface area contributed by atoms with Crippen LogP contribution in [0.5, 0.6) is 5.75 Å². The zero-order valence-corrected chi connectivity index (χ0v) is 8.75. The van der Waals surface area contributed by atoms with Gasteiger partial charge in [-0.25, -0.2) is 0 Å². The molecule has 3 rings (SSSR count). The van der Waals surface area contributed by atoms with Gasteiger partial charge in [0.2, 0.25) is 0 Å². The van der Waals surface area contributed by atoms with E-state index in [-0.39, 0.29) is 0 Å². The van der Waals surface area contributed by atoms with Gasteiger partial charge in [-0.05, 0) is 11.6 Å². The number of rotatable bonds is 0. The lowest BCUT2D eigenvalue weighted by molar-refractivity contribution is 0.478. The molecule has 3 heteroatoms. The number of hydrogen-bond acceptors (Lipinski definition) is 2. The smallest absolute Gasteiger partial charge is 0.139 e. The standard InChI is InChI=1S/C12H14N2O/c1-14-10-5-6-13-7-9(10)8-3-2-4-11(15)12(8)14/h2-4,13,15H,5-7H2,1H3. The van der Waals surface area contributed by atoms with E-state index in [0.29, 0.717) is 5.75 Å². The lowest BCUT2D eigenvalue weighted by Gasteiger charge is -2.14. The van der Waals surface area contributed by atoms with Crippen molar-refractivity contribution in [3.05, 3.63) is 29.5 Å². The highest BCUT2D eigenvalue weighted by molar-refractivity contribution is 5.90. The van der Waals surface area contributed by atoms with Gasteiger partial charge in [0.1, 0.15) is 5.75 Å². The zero-order chi connectivity index (χ0) is 10.4. The third-order valence-electron chi connectivity index (χ3n) is 3.27. The number of aryl methyl sites for hydroxylation is 1. The van der Waals surface area contributed by atoms with Crippen LogP contribution in [0.1, 0.15) is 11.3 Å². The summed E-state index contributed by atoms with van der Waals surface area (Å²) >= 11 is 0. The molecule has 0 fully saturated rings. The van der Waals surface area contributed by atoms with Gasteiger partial charge in [-0.15, -0.1) is 0 Å². The average molecular weight is 202 g/mol. The third-order valence-corrected chi connectivity index (χ3v) is 3.27. The minimum Gasteiger partial charge on any atom is -0.506 e. The van der Waals surface area contributed by atoms with E-state index >= 15 is 0 Å². The van der Waals surface area contributed by atoms with Crippen LogP contribution in [0.25, 0.3) is 10.9 Å². The number of para-hydroxylation sites is 1. The Morgan fingerprint density at radius 2 is 2.27 bits per heavy atom. The molecule has 3 nitrogen and oxygen atoms in total. The number of fused-ring (bicyclic) bond motifs is 3. The Balaban J connectivity index is 2.44. The number of nitrogens with one attached hydrogen (secondary N) is 1. The monoisotopic (exact) mass is 202 g/mol. The lowest BCUT2D eigenvalue weighted by atomic mass is 10.1.